The Kier molecular flexibility index (Phi) is 4.52. The largest absolute Gasteiger partial charge is 0.376 e. The highest BCUT2D eigenvalue weighted by Gasteiger charge is 2.10. The van der Waals surface area contributed by atoms with Crippen molar-refractivity contribution in [2.24, 2.45) is 0 Å². The molecule has 5 nitrogen and oxygen atoms in total. The van der Waals surface area contributed by atoms with E-state index in [-0.39, 0.29) is 6.04 Å². The van der Waals surface area contributed by atoms with Crippen LogP contribution >= 0.6 is 22.9 Å². The van der Waals surface area contributed by atoms with Gasteiger partial charge in [0.2, 0.25) is 10.0 Å². The highest BCUT2D eigenvalue weighted by atomic mass is 35.5. The summed E-state index contributed by atoms with van der Waals surface area (Å²) in [6.07, 6.45) is 2.84. The van der Waals surface area contributed by atoms with Crippen molar-refractivity contribution >= 4 is 44.3 Å². The van der Waals surface area contributed by atoms with E-state index in [0.717, 1.165) is 17.0 Å². The zero-order valence-electron chi connectivity index (χ0n) is 10.9. The normalized spacial score (nSPS) is 12.9. The Morgan fingerprint density at radius 3 is 2.70 bits per heavy atom. The molecule has 2 aromatic rings. The van der Waals surface area contributed by atoms with Crippen LogP contribution < -0.4 is 10.0 Å². The van der Waals surface area contributed by atoms with Crippen molar-refractivity contribution in [1.82, 2.24) is 4.98 Å². The van der Waals surface area contributed by atoms with Gasteiger partial charge in [-0.05, 0) is 25.1 Å². The van der Waals surface area contributed by atoms with Crippen LogP contribution in [0.4, 0.5) is 11.4 Å². The van der Waals surface area contributed by atoms with Gasteiger partial charge in [0.1, 0.15) is 5.01 Å². The highest BCUT2D eigenvalue weighted by Crippen LogP contribution is 2.28. The first-order valence-electron chi connectivity index (χ1n) is 5.78. The molecule has 0 spiro atoms. The summed E-state index contributed by atoms with van der Waals surface area (Å²) in [6.45, 7) is 2.00. The molecule has 108 valence electrons. The fourth-order valence-electron chi connectivity index (χ4n) is 1.65. The summed E-state index contributed by atoms with van der Waals surface area (Å²) in [5.41, 5.74) is 1.17. The minimum absolute atomic E-state index is 0.0554. The third kappa shape index (κ3) is 4.09. The van der Waals surface area contributed by atoms with Crippen LogP contribution in [-0.2, 0) is 10.0 Å². The highest BCUT2D eigenvalue weighted by molar-refractivity contribution is 7.92. The van der Waals surface area contributed by atoms with Crippen LogP contribution in [0.3, 0.4) is 0 Å². The summed E-state index contributed by atoms with van der Waals surface area (Å²) >= 11 is 7.63. The Morgan fingerprint density at radius 1 is 1.40 bits per heavy atom. The van der Waals surface area contributed by atoms with Gasteiger partial charge in [-0.2, -0.15) is 0 Å². The molecule has 0 saturated heterocycles. The molecule has 0 aliphatic heterocycles. The van der Waals surface area contributed by atoms with Gasteiger partial charge >= 0.3 is 0 Å². The van der Waals surface area contributed by atoms with Crippen molar-refractivity contribution in [3.8, 4) is 0 Å². The fourth-order valence-corrected chi connectivity index (χ4v) is 3.15. The molecular formula is C12H14ClN3O2S2. The maximum Gasteiger partial charge on any atom is 0.229 e. The van der Waals surface area contributed by atoms with Crippen LogP contribution in [0.1, 0.15) is 18.0 Å². The van der Waals surface area contributed by atoms with Crippen molar-refractivity contribution in [3.05, 3.63) is 39.8 Å². The van der Waals surface area contributed by atoms with Crippen molar-refractivity contribution in [2.75, 3.05) is 16.3 Å². The predicted octanol–water partition coefficient (Wildman–Crippen LogP) is 3.34. The first-order chi connectivity index (χ1) is 9.35. The van der Waals surface area contributed by atoms with Gasteiger partial charge in [-0.1, -0.05) is 11.6 Å². The molecule has 1 atom stereocenters. The lowest BCUT2D eigenvalue weighted by Gasteiger charge is -2.14. The molecule has 20 heavy (non-hydrogen) atoms. The Bertz CT molecular complexity index is 687. The van der Waals surface area contributed by atoms with E-state index in [4.69, 9.17) is 11.6 Å². The number of thiazole rings is 1. The first-order valence-corrected chi connectivity index (χ1v) is 8.93. The summed E-state index contributed by atoms with van der Waals surface area (Å²) in [6, 6.07) is 5.13. The lowest BCUT2D eigenvalue weighted by molar-refractivity contribution is 0.607. The number of nitrogens with one attached hydrogen (secondary N) is 2. The first kappa shape index (κ1) is 15.1. The number of halogens is 1. The standard InChI is InChI=1S/C12H14ClN3O2S2/c1-8(12-14-5-6-19-12)15-9-3-4-11(10(13)7-9)16-20(2,17)18/h3-8,15-16H,1-2H3. The zero-order valence-corrected chi connectivity index (χ0v) is 13.3. The zero-order chi connectivity index (χ0) is 14.8. The van der Waals surface area contributed by atoms with Crippen molar-refractivity contribution in [3.63, 3.8) is 0 Å². The van der Waals surface area contributed by atoms with E-state index in [1.807, 2.05) is 12.3 Å². The SMILES string of the molecule is CC(Nc1ccc(NS(C)(=O)=O)c(Cl)c1)c1nccs1. The van der Waals surface area contributed by atoms with E-state index in [9.17, 15) is 8.42 Å². The number of benzene rings is 1. The van der Waals surface area contributed by atoms with Crippen LogP contribution in [0.2, 0.25) is 5.02 Å². The average Bonchev–Trinajstić information content (AvgIpc) is 2.85. The third-order valence-corrected chi connectivity index (χ3v) is 4.33. The molecule has 0 saturated carbocycles. The predicted molar refractivity (Wildman–Crippen MR) is 84.1 cm³/mol. The third-order valence-electron chi connectivity index (χ3n) is 2.47. The van der Waals surface area contributed by atoms with E-state index < -0.39 is 10.0 Å². The fraction of sp³-hybridized carbons (Fsp3) is 0.250. The molecule has 1 aromatic carbocycles. The van der Waals surface area contributed by atoms with Gasteiger partial charge in [0, 0.05) is 17.3 Å². The molecule has 1 aromatic heterocycles. The van der Waals surface area contributed by atoms with Crippen molar-refractivity contribution in [1.29, 1.82) is 0 Å². The Balaban J connectivity index is 2.13. The minimum atomic E-state index is -3.33. The minimum Gasteiger partial charge on any atom is -0.376 e. The van der Waals surface area contributed by atoms with Crippen LogP contribution in [0, 0.1) is 0 Å². The van der Waals surface area contributed by atoms with E-state index in [1.165, 1.54) is 0 Å². The van der Waals surface area contributed by atoms with Gasteiger partial charge in [0.15, 0.2) is 0 Å². The van der Waals surface area contributed by atoms with E-state index in [2.05, 4.69) is 15.0 Å². The average molecular weight is 332 g/mol. The van der Waals surface area contributed by atoms with Gasteiger partial charge in [-0.3, -0.25) is 4.72 Å². The van der Waals surface area contributed by atoms with Crippen LogP contribution in [0.15, 0.2) is 29.8 Å². The van der Waals surface area contributed by atoms with E-state index in [0.29, 0.717) is 10.7 Å². The molecular weight excluding hydrogens is 318 g/mol. The van der Waals surface area contributed by atoms with Crippen LogP contribution in [0.25, 0.3) is 0 Å². The Hall–Kier alpha value is -1.31. The smallest absolute Gasteiger partial charge is 0.229 e. The van der Waals surface area contributed by atoms with Gasteiger partial charge in [-0.25, -0.2) is 13.4 Å². The summed E-state index contributed by atoms with van der Waals surface area (Å²) in [7, 11) is -3.33. The number of hydrogen-bond donors (Lipinski definition) is 2. The second-order valence-electron chi connectivity index (χ2n) is 4.31. The maximum absolute atomic E-state index is 11.2. The molecule has 8 heteroatoms. The van der Waals surface area contributed by atoms with Crippen molar-refractivity contribution in [2.45, 2.75) is 13.0 Å². The van der Waals surface area contributed by atoms with Gasteiger partial charge < -0.3 is 5.32 Å². The lowest BCUT2D eigenvalue weighted by atomic mass is 10.2. The summed E-state index contributed by atoms with van der Waals surface area (Å²) in [5.74, 6) is 0. The molecule has 0 fully saturated rings. The summed E-state index contributed by atoms with van der Waals surface area (Å²) in [4.78, 5) is 4.23. The molecule has 2 N–H and O–H groups in total. The quantitative estimate of drug-likeness (QED) is 0.881. The summed E-state index contributed by atoms with van der Waals surface area (Å²) < 4.78 is 24.7. The Morgan fingerprint density at radius 2 is 2.15 bits per heavy atom. The second kappa shape index (κ2) is 5.99. The molecule has 2 rings (SSSR count). The number of hydrogen-bond acceptors (Lipinski definition) is 5. The monoisotopic (exact) mass is 331 g/mol. The topological polar surface area (TPSA) is 71.1 Å². The molecule has 1 unspecified atom stereocenters. The molecule has 0 bridgehead atoms. The van der Waals surface area contributed by atoms with Crippen molar-refractivity contribution < 1.29 is 8.42 Å². The van der Waals surface area contributed by atoms with Gasteiger partial charge in [-0.15, -0.1) is 11.3 Å². The number of rotatable bonds is 5. The van der Waals surface area contributed by atoms with Crippen LogP contribution in [-0.4, -0.2) is 19.7 Å². The second-order valence-corrected chi connectivity index (χ2v) is 7.39. The maximum atomic E-state index is 11.2. The number of anilines is 2. The molecule has 0 aliphatic rings. The summed E-state index contributed by atoms with van der Waals surface area (Å²) in [5, 5.41) is 6.49. The Labute approximate surface area is 127 Å². The number of aromatic nitrogens is 1. The number of nitrogens with zero attached hydrogens (tertiary/aromatic N) is 1. The van der Waals surface area contributed by atoms with Gasteiger partial charge in [0.05, 0.1) is 23.0 Å². The molecule has 0 amide bonds. The molecule has 1 heterocycles. The number of sulfonamides is 1. The van der Waals surface area contributed by atoms with Gasteiger partial charge in [0.25, 0.3) is 0 Å². The van der Waals surface area contributed by atoms with E-state index >= 15 is 0 Å². The van der Waals surface area contributed by atoms with Crippen LogP contribution in [0.5, 0.6) is 0 Å². The molecule has 0 aliphatic carbocycles. The lowest BCUT2D eigenvalue weighted by Crippen LogP contribution is -2.10. The van der Waals surface area contributed by atoms with E-state index in [1.54, 1.807) is 35.7 Å². The molecule has 0 radical (unpaired) electrons.